The summed E-state index contributed by atoms with van der Waals surface area (Å²) >= 11 is 0. The molecule has 3 rings (SSSR count). The maximum absolute atomic E-state index is 11.6. The predicted molar refractivity (Wildman–Crippen MR) is 77.7 cm³/mol. The topological polar surface area (TPSA) is 78.4 Å². The van der Waals surface area contributed by atoms with E-state index in [0.717, 1.165) is 16.7 Å². The first-order valence-corrected chi connectivity index (χ1v) is 6.83. The zero-order valence-electron chi connectivity index (χ0n) is 11.6. The summed E-state index contributed by atoms with van der Waals surface area (Å²) in [7, 11) is 0. The largest absolute Gasteiger partial charge is 0.512 e. The summed E-state index contributed by atoms with van der Waals surface area (Å²) in [6.07, 6.45) is 4.57. The van der Waals surface area contributed by atoms with Crippen LogP contribution < -0.4 is 10.6 Å². The van der Waals surface area contributed by atoms with Crippen LogP contribution in [0.5, 0.6) is 0 Å². The Morgan fingerprint density at radius 2 is 1.81 bits per heavy atom. The van der Waals surface area contributed by atoms with Crippen LogP contribution in [0.2, 0.25) is 0 Å². The van der Waals surface area contributed by atoms with Gasteiger partial charge >= 0.3 is 6.03 Å². The van der Waals surface area contributed by atoms with Crippen molar-refractivity contribution in [3.63, 3.8) is 0 Å². The van der Waals surface area contributed by atoms with Crippen molar-refractivity contribution in [3.05, 3.63) is 58.9 Å². The van der Waals surface area contributed by atoms with Crippen LogP contribution in [-0.2, 0) is 4.79 Å². The van der Waals surface area contributed by atoms with E-state index < -0.39 is 12.1 Å². The van der Waals surface area contributed by atoms with Crippen molar-refractivity contribution in [2.45, 2.75) is 25.3 Å². The van der Waals surface area contributed by atoms with Crippen LogP contribution in [0.15, 0.2) is 47.7 Å². The fourth-order valence-electron chi connectivity index (χ4n) is 2.61. The maximum Gasteiger partial charge on any atom is 0.322 e. The molecule has 21 heavy (non-hydrogen) atoms. The van der Waals surface area contributed by atoms with E-state index in [1.54, 1.807) is 0 Å². The Hall–Kier alpha value is -2.56. The van der Waals surface area contributed by atoms with Crippen LogP contribution in [0.25, 0.3) is 0 Å². The third kappa shape index (κ3) is 2.54. The zero-order valence-corrected chi connectivity index (χ0v) is 11.6. The van der Waals surface area contributed by atoms with Crippen LogP contribution in [0.1, 0.15) is 36.4 Å². The lowest BCUT2D eigenvalue weighted by molar-refractivity contribution is -0.120. The molecule has 0 aromatic heterocycles. The van der Waals surface area contributed by atoms with Gasteiger partial charge in [-0.15, -0.1) is 0 Å². The molecule has 0 bridgehead atoms. The second kappa shape index (κ2) is 5.09. The monoisotopic (exact) mass is 284 g/mol. The summed E-state index contributed by atoms with van der Waals surface area (Å²) in [6.45, 7) is 1.88. The summed E-state index contributed by atoms with van der Waals surface area (Å²) < 4.78 is 0. The quantitative estimate of drug-likeness (QED) is 0.730. The molecule has 1 aliphatic heterocycles. The third-order valence-corrected chi connectivity index (χ3v) is 3.92. The number of rotatable bonds is 2. The predicted octanol–water partition coefficient (Wildman–Crippen LogP) is 2.44. The van der Waals surface area contributed by atoms with E-state index in [1.807, 2.05) is 37.3 Å². The number of nitrogens with one attached hydrogen (secondary N) is 2. The Bertz CT molecular complexity index is 659. The molecule has 1 fully saturated rings. The molecule has 2 aliphatic rings. The summed E-state index contributed by atoms with van der Waals surface area (Å²) in [4.78, 5) is 22.7. The van der Waals surface area contributed by atoms with Gasteiger partial charge in [0.2, 0.25) is 0 Å². The second-order valence-corrected chi connectivity index (χ2v) is 5.36. The highest BCUT2D eigenvalue weighted by Crippen LogP contribution is 2.30. The molecule has 1 aromatic rings. The molecule has 1 saturated heterocycles. The molecule has 108 valence electrons. The minimum Gasteiger partial charge on any atom is -0.512 e. The van der Waals surface area contributed by atoms with E-state index in [1.165, 1.54) is 0 Å². The van der Waals surface area contributed by atoms with Crippen LogP contribution in [0, 0.1) is 0 Å². The van der Waals surface area contributed by atoms with E-state index in [2.05, 4.69) is 16.7 Å². The third-order valence-electron chi connectivity index (χ3n) is 3.92. The Labute approximate surface area is 122 Å². The number of hydrogen-bond acceptors (Lipinski definition) is 3. The first kappa shape index (κ1) is 13.4. The smallest absolute Gasteiger partial charge is 0.322 e. The van der Waals surface area contributed by atoms with E-state index in [9.17, 15) is 14.7 Å². The molecule has 3 amide bonds. The Morgan fingerprint density at radius 1 is 1.14 bits per heavy atom. The van der Waals surface area contributed by atoms with Gasteiger partial charge in [-0.05, 0) is 23.6 Å². The number of aliphatic hydroxyl groups is 1. The van der Waals surface area contributed by atoms with E-state index in [4.69, 9.17) is 0 Å². The van der Waals surface area contributed by atoms with Crippen molar-refractivity contribution in [2.24, 2.45) is 0 Å². The number of benzene rings is 1. The summed E-state index contributed by atoms with van der Waals surface area (Å²) in [6, 6.07) is 6.44. The SMILES string of the molecule is CC1=C(O)CC(c2ccc([C@@H]3NC(=O)NC3=O)cc2)C=C1. The van der Waals surface area contributed by atoms with Crippen molar-refractivity contribution in [3.8, 4) is 0 Å². The van der Waals surface area contributed by atoms with Gasteiger partial charge in [0.25, 0.3) is 5.91 Å². The number of allylic oxidation sites excluding steroid dienone is 4. The molecule has 1 heterocycles. The van der Waals surface area contributed by atoms with Gasteiger partial charge in [0.15, 0.2) is 0 Å². The average molecular weight is 284 g/mol. The minimum atomic E-state index is -0.621. The first-order valence-electron chi connectivity index (χ1n) is 6.83. The molecule has 5 heteroatoms. The minimum absolute atomic E-state index is 0.134. The number of hydrogen-bond donors (Lipinski definition) is 3. The van der Waals surface area contributed by atoms with Crippen LogP contribution >= 0.6 is 0 Å². The molecule has 1 aliphatic carbocycles. The zero-order chi connectivity index (χ0) is 15.0. The lowest BCUT2D eigenvalue weighted by atomic mass is 9.88. The normalized spacial score (nSPS) is 25.0. The van der Waals surface area contributed by atoms with Gasteiger partial charge in [0.1, 0.15) is 6.04 Å². The van der Waals surface area contributed by atoms with Crippen LogP contribution in [0.3, 0.4) is 0 Å². The van der Waals surface area contributed by atoms with Crippen molar-refractivity contribution in [1.29, 1.82) is 0 Å². The molecular weight excluding hydrogens is 268 g/mol. The maximum atomic E-state index is 11.6. The lowest BCUT2D eigenvalue weighted by Gasteiger charge is -2.18. The van der Waals surface area contributed by atoms with E-state index >= 15 is 0 Å². The number of urea groups is 1. The molecule has 0 saturated carbocycles. The number of carbonyl (C=O) groups is 2. The second-order valence-electron chi connectivity index (χ2n) is 5.36. The van der Waals surface area contributed by atoms with Crippen LogP contribution in [0.4, 0.5) is 4.79 Å². The van der Waals surface area contributed by atoms with Gasteiger partial charge in [-0.3, -0.25) is 10.1 Å². The van der Waals surface area contributed by atoms with Crippen LogP contribution in [-0.4, -0.2) is 17.0 Å². The average Bonchev–Trinajstić information content (AvgIpc) is 2.81. The van der Waals surface area contributed by atoms with Crippen molar-refractivity contribution < 1.29 is 14.7 Å². The first-order chi connectivity index (χ1) is 10.0. The van der Waals surface area contributed by atoms with Crippen molar-refractivity contribution in [2.75, 3.05) is 0 Å². The summed E-state index contributed by atoms with van der Waals surface area (Å²) in [5, 5.41) is 14.6. The van der Waals surface area contributed by atoms with Gasteiger partial charge in [-0.1, -0.05) is 36.4 Å². The van der Waals surface area contributed by atoms with E-state index in [0.29, 0.717) is 12.2 Å². The number of aliphatic hydroxyl groups excluding tert-OH is 1. The fourth-order valence-corrected chi connectivity index (χ4v) is 2.61. The molecule has 5 nitrogen and oxygen atoms in total. The van der Waals surface area contributed by atoms with Gasteiger partial charge < -0.3 is 10.4 Å². The molecule has 3 N–H and O–H groups in total. The standard InChI is InChI=1S/C16H16N2O3/c1-9-2-3-12(8-13(9)19)10-4-6-11(7-5-10)14-15(20)18-16(21)17-14/h2-7,12,14,19H,8H2,1H3,(H2,17,18,20,21)/t12?,14-/m0/s1. The number of amides is 3. The van der Waals surface area contributed by atoms with Gasteiger partial charge in [-0.2, -0.15) is 0 Å². The highest BCUT2D eigenvalue weighted by molar-refractivity contribution is 6.04. The molecule has 0 radical (unpaired) electrons. The Morgan fingerprint density at radius 3 is 2.38 bits per heavy atom. The molecule has 0 spiro atoms. The van der Waals surface area contributed by atoms with Gasteiger partial charge in [0.05, 0.1) is 5.76 Å². The Balaban J connectivity index is 1.78. The van der Waals surface area contributed by atoms with E-state index in [-0.39, 0.29) is 11.8 Å². The number of imide groups is 1. The summed E-state index contributed by atoms with van der Waals surface area (Å²) in [5.41, 5.74) is 2.71. The van der Waals surface area contributed by atoms with Gasteiger partial charge in [-0.25, -0.2) is 4.79 Å². The molecule has 1 aromatic carbocycles. The fraction of sp³-hybridized carbons (Fsp3) is 0.250. The molecule has 1 unspecified atom stereocenters. The lowest BCUT2D eigenvalue weighted by Crippen LogP contribution is -2.22. The van der Waals surface area contributed by atoms with Gasteiger partial charge in [0, 0.05) is 12.3 Å². The molecular formula is C16H16N2O3. The van der Waals surface area contributed by atoms with Crippen molar-refractivity contribution in [1.82, 2.24) is 10.6 Å². The van der Waals surface area contributed by atoms with Crippen molar-refractivity contribution >= 4 is 11.9 Å². The highest BCUT2D eigenvalue weighted by atomic mass is 16.3. The highest BCUT2D eigenvalue weighted by Gasteiger charge is 2.30. The Kier molecular flexibility index (Phi) is 3.25. The molecule has 2 atom stereocenters. The summed E-state index contributed by atoms with van der Waals surface area (Å²) in [5.74, 6) is 0.213. The number of carbonyl (C=O) groups excluding carboxylic acids is 2.